The summed E-state index contributed by atoms with van der Waals surface area (Å²) in [6.45, 7) is 1.73. The topological polar surface area (TPSA) is 79.8 Å². The lowest BCUT2D eigenvalue weighted by Gasteiger charge is -2.38. The second-order valence-electron chi connectivity index (χ2n) is 7.00. The molecule has 6 heteroatoms. The third-order valence-electron chi connectivity index (χ3n) is 5.40. The number of benzene rings is 1. The fourth-order valence-electron chi connectivity index (χ4n) is 3.77. The molecule has 2 aromatic heterocycles. The smallest absolute Gasteiger partial charge is 0.130 e. The van der Waals surface area contributed by atoms with Crippen LogP contribution in [0.25, 0.3) is 10.9 Å². The van der Waals surface area contributed by atoms with Gasteiger partial charge in [-0.15, -0.1) is 0 Å². The summed E-state index contributed by atoms with van der Waals surface area (Å²) in [5, 5.41) is 19.5. The molecule has 0 radical (unpaired) electrons. The summed E-state index contributed by atoms with van der Waals surface area (Å²) >= 11 is 0. The van der Waals surface area contributed by atoms with Crippen LogP contribution >= 0.6 is 0 Å². The monoisotopic (exact) mass is 368 g/mol. The second kappa shape index (κ2) is 7.54. The van der Waals surface area contributed by atoms with Crippen molar-refractivity contribution < 1.29 is 0 Å². The van der Waals surface area contributed by atoms with Crippen molar-refractivity contribution in [1.29, 1.82) is 10.5 Å². The SMILES string of the molecule is CN(c1cc(C#N)ccn1)C1CCN(c2cc(C#N)c3ccccc3n2)CC1. The van der Waals surface area contributed by atoms with Crippen LogP contribution in [0.4, 0.5) is 11.6 Å². The third-order valence-corrected chi connectivity index (χ3v) is 5.40. The van der Waals surface area contributed by atoms with Crippen LogP contribution in [0.1, 0.15) is 24.0 Å². The van der Waals surface area contributed by atoms with Gasteiger partial charge in [-0.05, 0) is 37.1 Å². The molecule has 0 aliphatic carbocycles. The number of hydrogen-bond donors (Lipinski definition) is 0. The zero-order valence-corrected chi connectivity index (χ0v) is 15.7. The number of nitrogens with zero attached hydrogens (tertiary/aromatic N) is 6. The lowest BCUT2D eigenvalue weighted by molar-refractivity contribution is 0.478. The molecule has 0 atom stereocenters. The van der Waals surface area contributed by atoms with Gasteiger partial charge in [0.15, 0.2) is 0 Å². The number of nitriles is 2. The van der Waals surface area contributed by atoms with Gasteiger partial charge in [0.25, 0.3) is 0 Å². The number of fused-ring (bicyclic) bond motifs is 1. The molecule has 138 valence electrons. The van der Waals surface area contributed by atoms with E-state index in [9.17, 15) is 5.26 Å². The number of rotatable bonds is 3. The van der Waals surface area contributed by atoms with Crippen LogP contribution in [0.2, 0.25) is 0 Å². The zero-order valence-electron chi connectivity index (χ0n) is 15.7. The van der Waals surface area contributed by atoms with Gasteiger partial charge in [0.1, 0.15) is 11.6 Å². The van der Waals surface area contributed by atoms with E-state index in [-0.39, 0.29) is 0 Å². The standard InChI is InChI=1S/C22H20N6/c1-27(21-12-16(14-23)6-9-25-21)18-7-10-28(11-8-18)22-13-17(15-24)19-4-2-3-5-20(19)26-22/h2-6,9,12-13,18H,7-8,10-11H2,1H3. The summed E-state index contributed by atoms with van der Waals surface area (Å²) in [6.07, 6.45) is 3.61. The molecule has 1 aromatic carbocycles. The summed E-state index contributed by atoms with van der Waals surface area (Å²) in [4.78, 5) is 13.6. The highest BCUT2D eigenvalue weighted by molar-refractivity contribution is 5.86. The average molecular weight is 368 g/mol. The second-order valence-corrected chi connectivity index (χ2v) is 7.00. The molecular formula is C22H20N6. The van der Waals surface area contributed by atoms with Crippen molar-refractivity contribution in [1.82, 2.24) is 9.97 Å². The van der Waals surface area contributed by atoms with Crippen molar-refractivity contribution in [3.8, 4) is 12.1 Å². The third kappa shape index (κ3) is 3.33. The Morgan fingerprint density at radius 1 is 1.07 bits per heavy atom. The molecule has 1 saturated heterocycles. The lowest BCUT2D eigenvalue weighted by Crippen LogP contribution is -2.44. The first kappa shape index (κ1) is 17.8. The largest absolute Gasteiger partial charge is 0.357 e. The van der Waals surface area contributed by atoms with E-state index in [0.717, 1.165) is 48.5 Å². The van der Waals surface area contributed by atoms with Crippen molar-refractivity contribution >= 4 is 22.5 Å². The van der Waals surface area contributed by atoms with Crippen LogP contribution in [0, 0.1) is 22.7 Å². The molecule has 0 saturated carbocycles. The molecular weight excluding hydrogens is 348 g/mol. The van der Waals surface area contributed by atoms with Crippen molar-refractivity contribution in [2.45, 2.75) is 18.9 Å². The number of hydrogen-bond acceptors (Lipinski definition) is 6. The number of para-hydroxylation sites is 1. The Bertz CT molecular complexity index is 1090. The molecule has 6 nitrogen and oxygen atoms in total. The maximum atomic E-state index is 9.51. The van der Waals surface area contributed by atoms with Gasteiger partial charge in [0.2, 0.25) is 0 Å². The fourth-order valence-corrected chi connectivity index (χ4v) is 3.77. The van der Waals surface area contributed by atoms with Crippen LogP contribution < -0.4 is 9.80 Å². The highest BCUT2D eigenvalue weighted by atomic mass is 15.2. The molecule has 0 spiro atoms. The maximum absolute atomic E-state index is 9.51. The zero-order chi connectivity index (χ0) is 19.5. The Balaban J connectivity index is 1.51. The minimum absolute atomic E-state index is 0.355. The first-order valence-electron chi connectivity index (χ1n) is 9.33. The summed E-state index contributed by atoms with van der Waals surface area (Å²) in [6, 6.07) is 18.0. The summed E-state index contributed by atoms with van der Waals surface area (Å²) in [7, 11) is 2.03. The van der Waals surface area contributed by atoms with Crippen molar-refractivity contribution in [2.75, 3.05) is 29.9 Å². The van der Waals surface area contributed by atoms with Gasteiger partial charge in [-0.1, -0.05) is 18.2 Å². The highest BCUT2D eigenvalue weighted by Crippen LogP contribution is 2.27. The molecule has 3 heterocycles. The van der Waals surface area contributed by atoms with Crippen LogP contribution in [0.3, 0.4) is 0 Å². The molecule has 1 aliphatic rings. The van der Waals surface area contributed by atoms with Crippen molar-refractivity contribution in [3.05, 3.63) is 59.8 Å². The van der Waals surface area contributed by atoms with Gasteiger partial charge in [0, 0.05) is 37.8 Å². The Kier molecular flexibility index (Phi) is 4.78. The fraction of sp³-hybridized carbons (Fsp3) is 0.273. The van der Waals surface area contributed by atoms with Gasteiger partial charge in [-0.2, -0.15) is 10.5 Å². The predicted octanol–water partition coefficient (Wildman–Crippen LogP) is 3.48. The average Bonchev–Trinajstić information content (AvgIpc) is 2.78. The Morgan fingerprint density at radius 2 is 1.86 bits per heavy atom. The molecule has 3 aromatic rings. The highest BCUT2D eigenvalue weighted by Gasteiger charge is 2.24. The van der Waals surface area contributed by atoms with Crippen LogP contribution in [0.5, 0.6) is 0 Å². The van der Waals surface area contributed by atoms with E-state index in [1.165, 1.54) is 0 Å². The van der Waals surface area contributed by atoms with E-state index in [2.05, 4.69) is 26.9 Å². The summed E-state index contributed by atoms with van der Waals surface area (Å²) < 4.78 is 0. The van der Waals surface area contributed by atoms with Gasteiger partial charge in [0.05, 0.1) is 28.8 Å². The molecule has 1 fully saturated rings. The van der Waals surface area contributed by atoms with Gasteiger partial charge < -0.3 is 9.80 Å². The Hall–Kier alpha value is -3.64. The van der Waals surface area contributed by atoms with E-state index in [4.69, 9.17) is 10.2 Å². The van der Waals surface area contributed by atoms with Crippen LogP contribution in [-0.4, -0.2) is 36.1 Å². The van der Waals surface area contributed by atoms with Crippen molar-refractivity contribution in [3.63, 3.8) is 0 Å². The Morgan fingerprint density at radius 3 is 2.61 bits per heavy atom. The van der Waals surface area contributed by atoms with Crippen molar-refractivity contribution in [2.24, 2.45) is 0 Å². The van der Waals surface area contributed by atoms with Gasteiger partial charge >= 0.3 is 0 Å². The quantitative estimate of drug-likeness (QED) is 0.704. The normalized spacial score (nSPS) is 14.5. The number of pyridine rings is 2. The first-order valence-corrected chi connectivity index (χ1v) is 9.33. The maximum Gasteiger partial charge on any atom is 0.130 e. The van der Waals surface area contributed by atoms with Gasteiger partial charge in [-0.3, -0.25) is 0 Å². The van der Waals surface area contributed by atoms with E-state index >= 15 is 0 Å². The molecule has 28 heavy (non-hydrogen) atoms. The lowest BCUT2D eigenvalue weighted by atomic mass is 10.0. The molecule has 0 amide bonds. The summed E-state index contributed by atoms with van der Waals surface area (Å²) in [5.41, 5.74) is 2.14. The van der Waals surface area contributed by atoms with E-state index < -0.39 is 0 Å². The van der Waals surface area contributed by atoms with E-state index in [1.807, 2.05) is 43.4 Å². The molecule has 0 bridgehead atoms. The molecule has 1 aliphatic heterocycles. The molecule has 0 N–H and O–H groups in total. The Labute approximate surface area is 164 Å². The number of anilines is 2. The van der Waals surface area contributed by atoms with E-state index in [1.54, 1.807) is 12.3 Å². The summed E-state index contributed by atoms with van der Waals surface area (Å²) in [5.74, 6) is 1.69. The predicted molar refractivity (Wildman–Crippen MR) is 109 cm³/mol. The molecule has 0 unspecified atom stereocenters. The number of piperidine rings is 1. The minimum atomic E-state index is 0.355. The minimum Gasteiger partial charge on any atom is -0.357 e. The van der Waals surface area contributed by atoms with E-state index in [0.29, 0.717) is 17.2 Å². The number of aromatic nitrogens is 2. The van der Waals surface area contributed by atoms with Gasteiger partial charge in [-0.25, -0.2) is 9.97 Å². The van der Waals surface area contributed by atoms with Crippen LogP contribution in [-0.2, 0) is 0 Å². The first-order chi connectivity index (χ1) is 13.7. The van der Waals surface area contributed by atoms with Crippen LogP contribution in [0.15, 0.2) is 48.7 Å². The molecule has 4 rings (SSSR count).